The summed E-state index contributed by atoms with van der Waals surface area (Å²) in [6.07, 6.45) is 0. The Bertz CT molecular complexity index is 1170. The highest BCUT2D eigenvalue weighted by molar-refractivity contribution is 7.98. The second kappa shape index (κ2) is 9.37. The number of amides is 1. The van der Waals surface area contributed by atoms with Gasteiger partial charge in [0, 0.05) is 41.7 Å². The van der Waals surface area contributed by atoms with Gasteiger partial charge in [-0.2, -0.15) is 0 Å². The minimum Gasteiger partial charge on any atom is -0.345 e. The molecule has 0 unspecified atom stereocenters. The highest BCUT2D eigenvalue weighted by atomic mass is 35.5. The minimum absolute atomic E-state index is 0.00405. The molecule has 0 bridgehead atoms. The first kappa shape index (κ1) is 21.2. The number of nitrogens with zero attached hydrogens (tertiary/aromatic N) is 4. The molecule has 1 amide bonds. The van der Waals surface area contributed by atoms with Crippen molar-refractivity contribution >= 4 is 29.3 Å². The van der Waals surface area contributed by atoms with Crippen LogP contribution in [0.1, 0.15) is 15.9 Å². The van der Waals surface area contributed by atoms with E-state index in [2.05, 4.69) is 14.8 Å². The van der Waals surface area contributed by atoms with Crippen LogP contribution < -0.4 is 0 Å². The molecule has 0 saturated carbocycles. The summed E-state index contributed by atoms with van der Waals surface area (Å²) in [5.74, 6) is 1.47. The third-order valence-electron chi connectivity index (χ3n) is 4.73. The highest BCUT2D eigenvalue weighted by Crippen LogP contribution is 2.30. The first-order valence-corrected chi connectivity index (χ1v) is 11.1. The summed E-state index contributed by atoms with van der Waals surface area (Å²) in [7, 11) is 3.50. The molecule has 156 valence electrons. The van der Waals surface area contributed by atoms with E-state index in [-0.39, 0.29) is 5.91 Å². The molecule has 0 aliphatic carbocycles. The number of halogens is 1. The quantitative estimate of drug-likeness (QED) is 0.361. The lowest BCUT2D eigenvalue weighted by Crippen LogP contribution is -2.21. The van der Waals surface area contributed by atoms with E-state index in [1.54, 1.807) is 30.8 Å². The van der Waals surface area contributed by atoms with Crippen LogP contribution in [0.5, 0.6) is 0 Å². The van der Waals surface area contributed by atoms with Crippen molar-refractivity contribution in [3.63, 3.8) is 0 Å². The summed E-state index contributed by atoms with van der Waals surface area (Å²) >= 11 is 7.66. The molecule has 0 aliphatic heterocycles. The molecule has 1 aromatic heterocycles. The first-order chi connectivity index (χ1) is 15.0. The number of para-hydroxylation sites is 1. The van der Waals surface area contributed by atoms with Gasteiger partial charge in [-0.15, -0.1) is 10.2 Å². The summed E-state index contributed by atoms with van der Waals surface area (Å²) in [5.41, 5.74) is 3.72. The third-order valence-corrected chi connectivity index (χ3v) is 5.98. The minimum atomic E-state index is -0.00405. The Balaban J connectivity index is 1.61. The fraction of sp³-hybridized carbons (Fsp3) is 0.125. The smallest absolute Gasteiger partial charge is 0.253 e. The summed E-state index contributed by atoms with van der Waals surface area (Å²) in [6, 6.07) is 25.3. The van der Waals surface area contributed by atoms with Gasteiger partial charge >= 0.3 is 0 Å². The summed E-state index contributed by atoms with van der Waals surface area (Å²) in [4.78, 5) is 13.7. The molecule has 0 spiro atoms. The third kappa shape index (κ3) is 4.81. The number of hydrogen-bond donors (Lipinski definition) is 0. The van der Waals surface area contributed by atoms with E-state index in [0.29, 0.717) is 16.3 Å². The normalized spacial score (nSPS) is 10.8. The van der Waals surface area contributed by atoms with Gasteiger partial charge in [-0.05, 0) is 54.1 Å². The molecule has 4 aromatic rings. The number of carbonyl (C=O) groups excluding carboxylic acids is 1. The van der Waals surface area contributed by atoms with Crippen molar-refractivity contribution in [2.24, 2.45) is 0 Å². The highest BCUT2D eigenvalue weighted by Gasteiger charge is 2.16. The van der Waals surface area contributed by atoms with Crippen molar-refractivity contribution in [1.29, 1.82) is 0 Å². The standard InChI is InChI=1S/C24H21ClN4OS/c1-28(2)23(30)19-10-8-17(9-11-19)16-31-24-27-26-22(18-12-14-20(25)15-13-18)29(24)21-6-4-3-5-7-21/h3-15H,16H2,1-2H3. The Morgan fingerprint density at radius 3 is 2.26 bits per heavy atom. The van der Waals surface area contributed by atoms with Crippen LogP contribution in [-0.2, 0) is 5.75 Å². The molecule has 31 heavy (non-hydrogen) atoms. The number of benzene rings is 3. The summed E-state index contributed by atoms with van der Waals surface area (Å²) in [5, 5.41) is 10.4. The zero-order valence-electron chi connectivity index (χ0n) is 17.2. The maximum atomic E-state index is 12.1. The Morgan fingerprint density at radius 2 is 1.61 bits per heavy atom. The molecule has 0 fully saturated rings. The van der Waals surface area contributed by atoms with Crippen LogP contribution in [0.4, 0.5) is 0 Å². The molecule has 7 heteroatoms. The number of thioether (sulfide) groups is 1. The van der Waals surface area contributed by atoms with Crippen LogP contribution in [0.3, 0.4) is 0 Å². The molecule has 0 aliphatic rings. The molecule has 0 saturated heterocycles. The van der Waals surface area contributed by atoms with Crippen molar-refractivity contribution in [3.8, 4) is 17.1 Å². The van der Waals surface area contributed by atoms with Crippen LogP contribution in [0.25, 0.3) is 17.1 Å². The van der Waals surface area contributed by atoms with Gasteiger partial charge in [-0.25, -0.2) is 0 Å². The Labute approximate surface area is 190 Å². The average Bonchev–Trinajstić information content (AvgIpc) is 3.22. The van der Waals surface area contributed by atoms with Crippen LogP contribution in [-0.4, -0.2) is 39.7 Å². The number of hydrogen-bond acceptors (Lipinski definition) is 4. The molecular weight excluding hydrogens is 428 g/mol. The van der Waals surface area contributed by atoms with E-state index in [1.807, 2.05) is 78.9 Å². The largest absolute Gasteiger partial charge is 0.345 e. The molecular formula is C24H21ClN4OS. The Kier molecular flexibility index (Phi) is 6.39. The monoisotopic (exact) mass is 448 g/mol. The van der Waals surface area contributed by atoms with Crippen LogP contribution in [0, 0.1) is 0 Å². The van der Waals surface area contributed by atoms with Crippen LogP contribution in [0.2, 0.25) is 5.02 Å². The lowest BCUT2D eigenvalue weighted by atomic mass is 10.1. The SMILES string of the molecule is CN(C)C(=O)c1ccc(CSc2nnc(-c3ccc(Cl)cc3)n2-c2ccccc2)cc1. The second-order valence-electron chi connectivity index (χ2n) is 7.17. The van der Waals surface area contributed by atoms with Crippen molar-refractivity contribution in [3.05, 3.63) is 95.0 Å². The van der Waals surface area contributed by atoms with E-state index in [9.17, 15) is 4.79 Å². The van der Waals surface area contributed by atoms with Crippen molar-refractivity contribution in [2.75, 3.05) is 14.1 Å². The molecule has 3 aromatic carbocycles. The van der Waals surface area contributed by atoms with Crippen molar-refractivity contribution < 1.29 is 4.79 Å². The zero-order chi connectivity index (χ0) is 21.8. The molecule has 0 radical (unpaired) electrons. The summed E-state index contributed by atoms with van der Waals surface area (Å²) in [6.45, 7) is 0. The van der Waals surface area contributed by atoms with E-state index in [4.69, 9.17) is 11.6 Å². The Morgan fingerprint density at radius 1 is 0.935 bits per heavy atom. The van der Waals surface area contributed by atoms with E-state index < -0.39 is 0 Å². The number of aromatic nitrogens is 3. The van der Waals surface area contributed by atoms with Crippen molar-refractivity contribution in [1.82, 2.24) is 19.7 Å². The van der Waals surface area contributed by atoms with Gasteiger partial charge in [0.1, 0.15) is 0 Å². The maximum Gasteiger partial charge on any atom is 0.253 e. The number of carbonyl (C=O) groups is 1. The molecule has 1 heterocycles. The fourth-order valence-electron chi connectivity index (χ4n) is 3.11. The average molecular weight is 449 g/mol. The van der Waals surface area contributed by atoms with Crippen molar-refractivity contribution in [2.45, 2.75) is 10.9 Å². The Hall–Kier alpha value is -3.09. The van der Waals surface area contributed by atoms with E-state index in [0.717, 1.165) is 27.8 Å². The zero-order valence-corrected chi connectivity index (χ0v) is 18.8. The predicted octanol–water partition coefficient (Wildman–Crippen LogP) is 5.58. The molecule has 0 N–H and O–H groups in total. The van der Waals surface area contributed by atoms with E-state index >= 15 is 0 Å². The maximum absolute atomic E-state index is 12.1. The lowest BCUT2D eigenvalue weighted by Gasteiger charge is -2.11. The van der Waals surface area contributed by atoms with Crippen LogP contribution >= 0.6 is 23.4 Å². The van der Waals surface area contributed by atoms with Crippen LogP contribution in [0.15, 0.2) is 84.0 Å². The molecule has 0 atom stereocenters. The van der Waals surface area contributed by atoms with Gasteiger partial charge in [0.15, 0.2) is 11.0 Å². The predicted molar refractivity (Wildman–Crippen MR) is 126 cm³/mol. The second-order valence-corrected chi connectivity index (χ2v) is 8.55. The molecule has 5 nitrogen and oxygen atoms in total. The van der Waals surface area contributed by atoms with Gasteiger partial charge in [0.05, 0.1) is 0 Å². The van der Waals surface area contributed by atoms with Gasteiger partial charge in [-0.1, -0.05) is 53.7 Å². The topological polar surface area (TPSA) is 51.0 Å². The fourth-order valence-corrected chi connectivity index (χ4v) is 4.14. The van der Waals surface area contributed by atoms with Gasteiger partial charge < -0.3 is 4.90 Å². The molecule has 4 rings (SSSR count). The van der Waals surface area contributed by atoms with Gasteiger partial charge in [0.2, 0.25) is 0 Å². The first-order valence-electron chi connectivity index (χ1n) is 9.73. The number of rotatable bonds is 6. The lowest BCUT2D eigenvalue weighted by molar-refractivity contribution is 0.0827. The van der Waals surface area contributed by atoms with Gasteiger partial charge in [-0.3, -0.25) is 9.36 Å². The van der Waals surface area contributed by atoms with Gasteiger partial charge in [0.25, 0.3) is 5.91 Å². The van der Waals surface area contributed by atoms with E-state index in [1.165, 1.54) is 0 Å². The summed E-state index contributed by atoms with van der Waals surface area (Å²) < 4.78 is 2.05.